The van der Waals surface area contributed by atoms with Gasteiger partial charge in [0.25, 0.3) is 0 Å². The molecule has 18 heavy (non-hydrogen) atoms. The van der Waals surface area contributed by atoms with Gasteiger partial charge in [-0.1, -0.05) is 26.7 Å². The summed E-state index contributed by atoms with van der Waals surface area (Å²) in [6.07, 6.45) is 9.40. The molecule has 1 aromatic rings. The average Bonchev–Trinajstić information content (AvgIpc) is 2.82. The lowest BCUT2D eigenvalue weighted by atomic mass is 9.72. The van der Waals surface area contributed by atoms with Crippen LogP contribution in [0.3, 0.4) is 0 Å². The summed E-state index contributed by atoms with van der Waals surface area (Å²) in [6, 6.07) is 0. The van der Waals surface area contributed by atoms with Gasteiger partial charge in [0, 0.05) is 25.4 Å². The molecule has 1 aliphatic rings. The summed E-state index contributed by atoms with van der Waals surface area (Å²) in [5, 5.41) is 3.53. The Labute approximate surface area is 111 Å². The molecule has 1 aromatic heterocycles. The molecule has 1 fully saturated rings. The molecule has 0 bridgehead atoms. The number of aryl methyl sites for hydroxylation is 1. The molecule has 1 N–H and O–H groups in total. The topological polar surface area (TPSA) is 29.9 Å². The van der Waals surface area contributed by atoms with E-state index in [9.17, 15) is 0 Å². The van der Waals surface area contributed by atoms with Gasteiger partial charge in [-0.2, -0.15) is 0 Å². The van der Waals surface area contributed by atoms with Crippen LogP contribution in [0.2, 0.25) is 0 Å². The van der Waals surface area contributed by atoms with E-state index in [0.717, 1.165) is 24.9 Å². The van der Waals surface area contributed by atoms with Crippen molar-refractivity contribution in [1.82, 2.24) is 14.9 Å². The van der Waals surface area contributed by atoms with Crippen LogP contribution in [0.25, 0.3) is 0 Å². The van der Waals surface area contributed by atoms with Crippen molar-refractivity contribution in [3.05, 3.63) is 18.2 Å². The van der Waals surface area contributed by atoms with Crippen molar-refractivity contribution in [2.75, 3.05) is 13.1 Å². The smallest absolute Gasteiger partial charge is 0.111 e. The Morgan fingerprint density at radius 2 is 2.22 bits per heavy atom. The zero-order valence-corrected chi connectivity index (χ0v) is 12.0. The molecule has 1 aliphatic carbocycles. The summed E-state index contributed by atoms with van der Waals surface area (Å²) in [5.74, 6) is 3.58. The molecule has 3 unspecified atom stereocenters. The number of nitrogens with one attached hydrogen (secondary N) is 1. The highest BCUT2D eigenvalue weighted by Crippen LogP contribution is 2.40. The Kier molecular flexibility index (Phi) is 4.81. The van der Waals surface area contributed by atoms with E-state index in [1.807, 2.05) is 6.20 Å². The maximum absolute atomic E-state index is 4.60. The molecule has 3 heteroatoms. The van der Waals surface area contributed by atoms with Gasteiger partial charge in [0.15, 0.2) is 0 Å². The van der Waals surface area contributed by atoms with E-state index in [4.69, 9.17) is 0 Å². The molecular formula is C15H27N3. The van der Waals surface area contributed by atoms with Gasteiger partial charge in [-0.15, -0.1) is 0 Å². The van der Waals surface area contributed by atoms with Gasteiger partial charge in [0.1, 0.15) is 5.82 Å². The van der Waals surface area contributed by atoms with Crippen LogP contribution in [0.15, 0.2) is 12.4 Å². The van der Waals surface area contributed by atoms with Gasteiger partial charge in [-0.25, -0.2) is 4.98 Å². The Bertz CT molecular complexity index is 358. The van der Waals surface area contributed by atoms with Crippen LogP contribution in [0.1, 0.15) is 51.3 Å². The van der Waals surface area contributed by atoms with Crippen molar-refractivity contribution in [2.24, 2.45) is 18.9 Å². The summed E-state index contributed by atoms with van der Waals surface area (Å²) < 4.78 is 2.21. The van der Waals surface area contributed by atoms with Crippen LogP contribution in [0.5, 0.6) is 0 Å². The van der Waals surface area contributed by atoms with E-state index >= 15 is 0 Å². The van der Waals surface area contributed by atoms with E-state index in [2.05, 4.69) is 42.0 Å². The minimum Gasteiger partial charge on any atom is -0.338 e. The van der Waals surface area contributed by atoms with Crippen molar-refractivity contribution in [3.8, 4) is 0 Å². The normalized spacial score (nSPS) is 28.5. The standard InChI is InChI=1S/C15H27N3/c1-4-12-6-7-13(11-16-5-2)14(10-12)15-17-8-9-18(15)3/h8-9,12-14,16H,4-7,10-11H2,1-3H3. The maximum atomic E-state index is 4.60. The highest BCUT2D eigenvalue weighted by atomic mass is 15.0. The Morgan fingerprint density at radius 3 is 2.83 bits per heavy atom. The number of hydrogen-bond acceptors (Lipinski definition) is 2. The third-order valence-corrected chi connectivity index (χ3v) is 4.53. The van der Waals surface area contributed by atoms with Crippen LogP contribution < -0.4 is 5.32 Å². The highest BCUT2D eigenvalue weighted by Gasteiger charge is 2.32. The highest BCUT2D eigenvalue weighted by molar-refractivity contribution is 5.05. The van der Waals surface area contributed by atoms with E-state index in [1.54, 1.807) is 0 Å². The quantitative estimate of drug-likeness (QED) is 0.869. The van der Waals surface area contributed by atoms with Crippen molar-refractivity contribution in [2.45, 2.75) is 45.4 Å². The Morgan fingerprint density at radius 1 is 1.39 bits per heavy atom. The van der Waals surface area contributed by atoms with Crippen LogP contribution in [-0.4, -0.2) is 22.6 Å². The molecule has 1 saturated carbocycles. The summed E-state index contributed by atoms with van der Waals surface area (Å²) in [4.78, 5) is 4.60. The third-order valence-electron chi connectivity index (χ3n) is 4.53. The van der Waals surface area contributed by atoms with Crippen molar-refractivity contribution >= 4 is 0 Å². The van der Waals surface area contributed by atoms with Crippen LogP contribution in [-0.2, 0) is 7.05 Å². The minimum absolute atomic E-state index is 0.641. The molecule has 0 aliphatic heterocycles. The fourth-order valence-electron chi connectivity index (χ4n) is 3.32. The molecule has 3 atom stereocenters. The van der Waals surface area contributed by atoms with Gasteiger partial charge in [-0.05, 0) is 37.8 Å². The molecule has 102 valence electrons. The van der Waals surface area contributed by atoms with Gasteiger partial charge in [0.05, 0.1) is 0 Å². The number of nitrogens with zero attached hydrogens (tertiary/aromatic N) is 2. The second kappa shape index (κ2) is 6.37. The van der Waals surface area contributed by atoms with E-state index in [0.29, 0.717) is 5.92 Å². The van der Waals surface area contributed by atoms with Crippen molar-refractivity contribution in [1.29, 1.82) is 0 Å². The first-order valence-electron chi connectivity index (χ1n) is 7.44. The van der Waals surface area contributed by atoms with E-state index < -0.39 is 0 Å². The van der Waals surface area contributed by atoms with Crippen molar-refractivity contribution in [3.63, 3.8) is 0 Å². The lowest BCUT2D eigenvalue weighted by molar-refractivity contribution is 0.217. The molecular weight excluding hydrogens is 222 g/mol. The van der Waals surface area contributed by atoms with Gasteiger partial charge >= 0.3 is 0 Å². The van der Waals surface area contributed by atoms with Gasteiger partial charge in [0.2, 0.25) is 0 Å². The second-order valence-corrected chi connectivity index (χ2v) is 5.66. The second-order valence-electron chi connectivity index (χ2n) is 5.66. The third kappa shape index (κ3) is 2.94. The largest absolute Gasteiger partial charge is 0.338 e. The zero-order chi connectivity index (χ0) is 13.0. The van der Waals surface area contributed by atoms with Crippen LogP contribution >= 0.6 is 0 Å². The first kappa shape index (κ1) is 13.6. The fraction of sp³-hybridized carbons (Fsp3) is 0.800. The monoisotopic (exact) mass is 249 g/mol. The van der Waals surface area contributed by atoms with E-state index in [1.165, 1.54) is 31.5 Å². The number of rotatable bonds is 5. The average molecular weight is 249 g/mol. The van der Waals surface area contributed by atoms with Crippen LogP contribution in [0.4, 0.5) is 0 Å². The SMILES string of the molecule is CCNCC1CCC(CC)CC1c1nccn1C. The molecule has 0 amide bonds. The molecule has 2 rings (SSSR count). The predicted molar refractivity (Wildman–Crippen MR) is 75.6 cm³/mol. The summed E-state index contributed by atoms with van der Waals surface area (Å²) in [7, 11) is 2.13. The molecule has 1 heterocycles. The first-order valence-corrected chi connectivity index (χ1v) is 7.44. The van der Waals surface area contributed by atoms with Gasteiger partial charge in [-0.3, -0.25) is 0 Å². The Balaban J connectivity index is 2.11. The summed E-state index contributed by atoms with van der Waals surface area (Å²) >= 11 is 0. The molecule has 0 spiro atoms. The predicted octanol–water partition coefficient (Wildman–Crippen LogP) is 2.94. The molecule has 3 nitrogen and oxygen atoms in total. The maximum Gasteiger partial charge on any atom is 0.111 e. The zero-order valence-electron chi connectivity index (χ0n) is 12.0. The molecule has 0 saturated heterocycles. The number of hydrogen-bond donors (Lipinski definition) is 1. The summed E-state index contributed by atoms with van der Waals surface area (Å²) in [6.45, 7) is 6.73. The summed E-state index contributed by atoms with van der Waals surface area (Å²) in [5.41, 5.74) is 0. The first-order chi connectivity index (χ1) is 8.76. The van der Waals surface area contributed by atoms with Crippen LogP contribution in [0, 0.1) is 11.8 Å². The number of aromatic nitrogens is 2. The lowest BCUT2D eigenvalue weighted by Crippen LogP contribution is -2.33. The van der Waals surface area contributed by atoms with Gasteiger partial charge < -0.3 is 9.88 Å². The number of imidazole rings is 1. The fourth-order valence-corrected chi connectivity index (χ4v) is 3.32. The van der Waals surface area contributed by atoms with Crippen molar-refractivity contribution < 1.29 is 0 Å². The lowest BCUT2D eigenvalue weighted by Gasteiger charge is -2.35. The van der Waals surface area contributed by atoms with E-state index in [-0.39, 0.29) is 0 Å². The molecule has 0 radical (unpaired) electrons. The minimum atomic E-state index is 0.641. The Hall–Kier alpha value is -0.830. The molecule has 0 aromatic carbocycles.